The highest BCUT2D eigenvalue weighted by Crippen LogP contribution is 2.27. The highest BCUT2D eigenvalue weighted by molar-refractivity contribution is 6.31. The molecular formula is C15H23ClN4O. The first-order valence-corrected chi connectivity index (χ1v) is 7.84. The van der Waals surface area contributed by atoms with Crippen molar-refractivity contribution in [3.8, 4) is 0 Å². The molecule has 6 heteroatoms. The lowest BCUT2D eigenvalue weighted by Gasteiger charge is -2.12. The van der Waals surface area contributed by atoms with E-state index in [0.717, 1.165) is 42.2 Å². The fourth-order valence-electron chi connectivity index (χ4n) is 2.53. The molecule has 2 aromatic heterocycles. The van der Waals surface area contributed by atoms with Crippen molar-refractivity contribution in [1.29, 1.82) is 0 Å². The second-order valence-corrected chi connectivity index (χ2v) is 5.51. The number of nitrogens with zero attached hydrogens (tertiary/aromatic N) is 4. The highest BCUT2D eigenvalue weighted by Gasteiger charge is 2.21. The SMILES string of the molecule is CCc1cc(C(O)Cc2c(Cl)c(CC)nn2CC)n(C)n1. The predicted molar refractivity (Wildman–Crippen MR) is 83.5 cm³/mol. The number of aryl methyl sites for hydroxylation is 4. The molecule has 1 N–H and O–H groups in total. The minimum Gasteiger partial charge on any atom is -0.386 e. The molecule has 0 radical (unpaired) electrons. The van der Waals surface area contributed by atoms with E-state index in [1.807, 2.05) is 31.6 Å². The van der Waals surface area contributed by atoms with Gasteiger partial charge in [0.15, 0.2) is 0 Å². The maximum absolute atomic E-state index is 10.5. The Morgan fingerprint density at radius 2 is 1.95 bits per heavy atom. The molecule has 0 aliphatic heterocycles. The van der Waals surface area contributed by atoms with Gasteiger partial charge in [0.1, 0.15) is 6.10 Å². The molecule has 2 aromatic rings. The molecule has 116 valence electrons. The van der Waals surface area contributed by atoms with Crippen LogP contribution in [0.1, 0.15) is 49.7 Å². The standard InChI is InChI=1S/C15H23ClN4O/c1-5-10-8-12(19(4)17-10)14(21)9-13-15(16)11(6-2)18-20(13)7-3/h8,14,21H,5-7,9H2,1-4H3. The molecule has 21 heavy (non-hydrogen) atoms. The Kier molecular flexibility index (Phi) is 5.06. The van der Waals surface area contributed by atoms with E-state index >= 15 is 0 Å². The second-order valence-electron chi connectivity index (χ2n) is 5.13. The predicted octanol–water partition coefficient (Wildman–Crippen LogP) is 2.69. The Morgan fingerprint density at radius 1 is 1.24 bits per heavy atom. The van der Waals surface area contributed by atoms with E-state index in [0.29, 0.717) is 11.4 Å². The van der Waals surface area contributed by atoms with E-state index < -0.39 is 6.10 Å². The van der Waals surface area contributed by atoms with Crippen LogP contribution in [-0.4, -0.2) is 24.7 Å². The number of aliphatic hydroxyl groups is 1. The van der Waals surface area contributed by atoms with Gasteiger partial charge in [0, 0.05) is 20.0 Å². The van der Waals surface area contributed by atoms with Gasteiger partial charge in [0.25, 0.3) is 0 Å². The van der Waals surface area contributed by atoms with Gasteiger partial charge in [0.2, 0.25) is 0 Å². The summed E-state index contributed by atoms with van der Waals surface area (Å²) < 4.78 is 3.62. The van der Waals surface area contributed by atoms with Gasteiger partial charge in [-0.05, 0) is 25.8 Å². The van der Waals surface area contributed by atoms with E-state index in [1.54, 1.807) is 4.68 Å². The lowest BCUT2D eigenvalue weighted by Crippen LogP contribution is -2.11. The molecule has 0 amide bonds. The van der Waals surface area contributed by atoms with Crippen LogP contribution in [0.2, 0.25) is 5.02 Å². The van der Waals surface area contributed by atoms with E-state index in [2.05, 4.69) is 17.1 Å². The fourth-order valence-corrected chi connectivity index (χ4v) is 2.87. The van der Waals surface area contributed by atoms with Crippen LogP contribution in [0.5, 0.6) is 0 Å². The quantitative estimate of drug-likeness (QED) is 0.892. The minimum atomic E-state index is -0.632. The van der Waals surface area contributed by atoms with Crippen LogP contribution in [0, 0.1) is 0 Å². The zero-order chi connectivity index (χ0) is 15.6. The van der Waals surface area contributed by atoms with E-state index in [-0.39, 0.29) is 0 Å². The van der Waals surface area contributed by atoms with Crippen LogP contribution >= 0.6 is 11.6 Å². The van der Waals surface area contributed by atoms with Crippen molar-refractivity contribution >= 4 is 11.6 Å². The number of rotatable bonds is 6. The van der Waals surface area contributed by atoms with Gasteiger partial charge in [0.05, 0.1) is 27.8 Å². The third-order valence-corrected chi connectivity index (χ3v) is 4.19. The first-order valence-electron chi connectivity index (χ1n) is 7.46. The van der Waals surface area contributed by atoms with Crippen molar-refractivity contribution in [2.24, 2.45) is 7.05 Å². The average Bonchev–Trinajstić information content (AvgIpc) is 3.00. The topological polar surface area (TPSA) is 55.9 Å². The molecule has 2 heterocycles. The molecule has 0 fully saturated rings. The summed E-state index contributed by atoms with van der Waals surface area (Å²) in [6.45, 7) is 6.85. The van der Waals surface area contributed by atoms with Gasteiger partial charge in [-0.2, -0.15) is 10.2 Å². The first kappa shape index (κ1) is 16.0. The minimum absolute atomic E-state index is 0.447. The van der Waals surface area contributed by atoms with Gasteiger partial charge < -0.3 is 5.11 Å². The molecule has 1 unspecified atom stereocenters. The fraction of sp³-hybridized carbons (Fsp3) is 0.600. The van der Waals surface area contributed by atoms with E-state index in [9.17, 15) is 5.11 Å². The van der Waals surface area contributed by atoms with Crippen molar-refractivity contribution in [1.82, 2.24) is 19.6 Å². The Hall–Kier alpha value is -1.33. The van der Waals surface area contributed by atoms with Crippen LogP contribution in [0.15, 0.2) is 6.07 Å². The third kappa shape index (κ3) is 3.14. The van der Waals surface area contributed by atoms with E-state index in [1.165, 1.54) is 0 Å². The summed E-state index contributed by atoms with van der Waals surface area (Å²) in [5, 5.41) is 20.1. The van der Waals surface area contributed by atoms with Crippen LogP contribution < -0.4 is 0 Å². The monoisotopic (exact) mass is 310 g/mol. The van der Waals surface area contributed by atoms with Crippen molar-refractivity contribution in [3.05, 3.63) is 33.9 Å². The zero-order valence-corrected chi connectivity index (χ0v) is 13.9. The summed E-state index contributed by atoms with van der Waals surface area (Å²) in [7, 11) is 1.86. The van der Waals surface area contributed by atoms with Crippen molar-refractivity contribution < 1.29 is 5.11 Å². The maximum Gasteiger partial charge on any atom is 0.101 e. The van der Waals surface area contributed by atoms with Gasteiger partial charge in [-0.25, -0.2) is 0 Å². The van der Waals surface area contributed by atoms with E-state index in [4.69, 9.17) is 11.6 Å². The lowest BCUT2D eigenvalue weighted by atomic mass is 10.1. The number of halogens is 1. The van der Waals surface area contributed by atoms with Crippen LogP contribution in [-0.2, 0) is 32.9 Å². The summed E-state index contributed by atoms with van der Waals surface area (Å²) in [5.41, 5.74) is 3.57. The molecule has 1 atom stereocenters. The van der Waals surface area contributed by atoms with Crippen LogP contribution in [0.4, 0.5) is 0 Å². The summed E-state index contributed by atoms with van der Waals surface area (Å²) >= 11 is 6.40. The molecule has 2 rings (SSSR count). The van der Waals surface area contributed by atoms with Gasteiger partial charge >= 0.3 is 0 Å². The lowest BCUT2D eigenvalue weighted by molar-refractivity contribution is 0.165. The Labute approximate surface area is 130 Å². The molecule has 0 bridgehead atoms. The number of hydrogen-bond donors (Lipinski definition) is 1. The molecule has 0 spiro atoms. The zero-order valence-electron chi connectivity index (χ0n) is 13.1. The van der Waals surface area contributed by atoms with Gasteiger partial charge in [-0.1, -0.05) is 25.4 Å². The molecule has 5 nitrogen and oxygen atoms in total. The molecule has 0 aliphatic carbocycles. The van der Waals surface area contributed by atoms with Crippen molar-refractivity contribution in [2.75, 3.05) is 0 Å². The maximum atomic E-state index is 10.5. The Bertz CT molecular complexity index is 617. The largest absolute Gasteiger partial charge is 0.386 e. The summed E-state index contributed by atoms with van der Waals surface area (Å²) in [6, 6.07) is 1.95. The number of aromatic nitrogens is 4. The molecule has 0 saturated heterocycles. The van der Waals surface area contributed by atoms with Crippen LogP contribution in [0.25, 0.3) is 0 Å². The Morgan fingerprint density at radius 3 is 2.48 bits per heavy atom. The van der Waals surface area contributed by atoms with Gasteiger partial charge in [-0.3, -0.25) is 9.36 Å². The second kappa shape index (κ2) is 6.62. The Balaban J connectivity index is 2.28. The molecule has 0 aromatic carbocycles. The smallest absolute Gasteiger partial charge is 0.101 e. The van der Waals surface area contributed by atoms with Crippen molar-refractivity contribution in [2.45, 2.75) is 52.7 Å². The third-order valence-electron chi connectivity index (χ3n) is 3.75. The first-order chi connectivity index (χ1) is 10.0. The normalized spacial score (nSPS) is 12.9. The molecule has 0 saturated carbocycles. The van der Waals surface area contributed by atoms with Crippen LogP contribution in [0.3, 0.4) is 0 Å². The molecular weight excluding hydrogens is 288 g/mol. The number of hydrogen-bond acceptors (Lipinski definition) is 3. The summed E-state index contributed by atoms with van der Waals surface area (Å²) in [5.74, 6) is 0. The number of aliphatic hydroxyl groups excluding tert-OH is 1. The average molecular weight is 311 g/mol. The van der Waals surface area contributed by atoms with Gasteiger partial charge in [-0.15, -0.1) is 0 Å². The summed E-state index contributed by atoms with van der Waals surface area (Å²) in [4.78, 5) is 0. The van der Waals surface area contributed by atoms with Crippen molar-refractivity contribution in [3.63, 3.8) is 0 Å². The summed E-state index contributed by atoms with van der Waals surface area (Å²) in [6.07, 6.45) is 1.46. The highest BCUT2D eigenvalue weighted by atomic mass is 35.5. The molecule has 0 aliphatic rings.